The predicted octanol–water partition coefficient (Wildman–Crippen LogP) is 3.54. The molecule has 0 unspecified atom stereocenters. The highest BCUT2D eigenvalue weighted by molar-refractivity contribution is 5.90. The number of alkyl halides is 3. The zero-order chi connectivity index (χ0) is 21.3. The molecule has 0 aliphatic rings. The number of nitrogens with one attached hydrogen (secondary N) is 1. The van der Waals surface area contributed by atoms with Gasteiger partial charge in [-0.2, -0.15) is 18.3 Å². The van der Waals surface area contributed by atoms with E-state index in [4.69, 9.17) is 0 Å². The Labute approximate surface area is 160 Å². The van der Waals surface area contributed by atoms with E-state index in [-0.39, 0.29) is 36.2 Å². The van der Waals surface area contributed by atoms with E-state index in [2.05, 4.69) is 10.4 Å². The fourth-order valence-electron chi connectivity index (χ4n) is 2.81. The van der Waals surface area contributed by atoms with Gasteiger partial charge in [0, 0.05) is 48.9 Å². The lowest BCUT2D eigenvalue weighted by molar-refractivity contribution is -0.136. The van der Waals surface area contributed by atoms with E-state index in [9.17, 15) is 31.5 Å². The van der Waals surface area contributed by atoms with Crippen molar-refractivity contribution in [3.63, 3.8) is 0 Å². The number of aromatic nitrogens is 3. The molecular weight excluding hydrogens is 399 g/mol. The van der Waals surface area contributed by atoms with Crippen LogP contribution in [0.2, 0.25) is 0 Å². The molecule has 0 aliphatic carbocycles. The highest BCUT2D eigenvalue weighted by atomic mass is 19.4. The summed E-state index contributed by atoms with van der Waals surface area (Å²) in [6.07, 6.45) is -3.84. The second kappa shape index (κ2) is 7.64. The third kappa shape index (κ3) is 4.28. The van der Waals surface area contributed by atoms with Crippen LogP contribution in [0.1, 0.15) is 18.9 Å². The highest BCUT2D eigenvalue weighted by Gasteiger charge is 2.35. The van der Waals surface area contributed by atoms with Gasteiger partial charge in [0.2, 0.25) is 5.91 Å². The Balaban J connectivity index is 1.87. The molecule has 0 fully saturated rings. The minimum absolute atomic E-state index is 0.00840. The zero-order valence-corrected chi connectivity index (χ0v) is 15.1. The number of pyridine rings is 1. The van der Waals surface area contributed by atoms with Crippen LogP contribution < -0.4 is 10.9 Å². The van der Waals surface area contributed by atoms with Gasteiger partial charge in [0.1, 0.15) is 0 Å². The minimum atomic E-state index is -4.73. The molecule has 0 bridgehead atoms. The van der Waals surface area contributed by atoms with Crippen molar-refractivity contribution in [3.8, 4) is 0 Å². The summed E-state index contributed by atoms with van der Waals surface area (Å²) in [4.78, 5) is 24.3. The lowest BCUT2D eigenvalue weighted by Crippen LogP contribution is -2.25. The number of rotatable bonds is 5. The van der Waals surface area contributed by atoms with E-state index in [1.54, 1.807) is 6.92 Å². The molecule has 0 aliphatic heterocycles. The maximum absolute atomic E-state index is 13.3. The molecule has 2 heterocycles. The summed E-state index contributed by atoms with van der Waals surface area (Å²) >= 11 is 0. The summed E-state index contributed by atoms with van der Waals surface area (Å²) in [6.45, 7) is 1.72. The van der Waals surface area contributed by atoms with Crippen LogP contribution in [0, 0.1) is 11.6 Å². The number of hydrogen-bond acceptors (Lipinski definition) is 3. The number of carbonyl (C=O) groups is 1. The molecule has 0 atom stereocenters. The van der Waals surface area contributed by atoms with Crippen molar-refractivity contribution in [2.24, 2.45) is 0 Å². The van der Waals surface area contributed by atoms with Crippen LogP contribution in [-0.4, -0.2) is 20.3 Å². The Bertz CT molecular complexity index is 1130. The molecule has 29 heavy (non-hydrogen) atoms. The Kier molecular flexibility index (Phi) is 5.40. The molecule has 1 N–H and O–H groups in total. The molecule has 0 saturated heterocycles. The van der Waals surface area contributed by atoms with Gasteiger partial charge in [0.15, 0.2) is 17.3 Å². The van der Waals surface area contributed by atoms with Gasteiger partial charge < -0.3 is 5.32 Å². The molecule has 154 valence electrons. The topological polar surface area (TPSA) is 68.9 Å². The monoisotopic (exact) mass is 414 g/mol. The molecule has 2 aromatic heterocycles. The first-order chi connectivity index (χ1) is 13.6. The van der Waals surface area contributed by atoms with Crippen LogP contribution in [0.25, 0.3) is 11.0 Å². The van der Waals surface area contributed by atoms with Crippen LogP contribution in [-0.2, 0) is 24.1 Å². The molecule has 6 nitrogen and oxygen atoms in total. The third-order valence-electron chi connectivity index (χ3n) is 4.22. The van der Waals surface area contributed by atoms with E-state index in [1.165, 1.54) is 10.9 Å². The van der Waals surface area contributed by atoms with Gasteiger partial charge in [-0.15, -0.1) is 0 Å². The van der Waals surface area contributed by atoms with E-state index in [0.29, 0.717) is 6.07 Å². The number of aryl methyl sites for hydroxylation is 2. The number of anilines is 1. The Morgan fingerprint density at radius 3 is 2.52 bits per heavy atom. The number of fused-ring (bicyclic) bond motifs is 1. The lowest BCUT2D eigenvalue weighted by Gasteiger charge is -2.12. The van der Waals surface area contributed by atoms with Crippen molar-refractivity contribution < 1.29 is 26.7 Å². The van der Waals surface area contributed by atoms with Crippen molar-refractivity contribution in [2.45, 2.75) is 32.6 Å². The van der Waals surface area contributed by atoms with Crippen LogP contribution in [0.5, 0.6) is 0 Å². The van der Waals surface area contributed by atoms with Crippen molar-refractivity contribution in [1.29, 1.82) is 0 Å². The Hall–Kier alpha value is -3.24. The van der Waals surface area contributed by atoms with Gasteiger partial charge in [-0.1, -0.05) is 0 Å². The number of amides is 1. The maximum Gasteiger partial charge on any atom is 0.417 e. The summed E-state index contributed by atoms with van der Waals surface area (Å²) < 4.78 is 68.1. The number of halogens is 5. The van der Waals surface area contributed by atoms with Gasteiger partial charge in [-0.3, -0.25) is 18.8 Å². The minimum Gasteiger partial charge on any atom is -0.326 e. The fraction of sp³-hybridized carbons (Fsp3) is 0.278. The lowest BCUT2D eigenvalue weighted by atomic mass is 10.2. The number of hydrogen-bond donors (Lipinski definition) is 1. The summed E-state index contributed by atoms with van der Waals surface area (Å²) in [7, 11) is 0. The van der Waals surface area contributed by atoms with Gasteiger partial charge >= 0.3 is 6.18 Å². The molecule has 0 saturated carbocycles. The summed E-state index contributed by atoms with van der Waals surface area (Å²) in [5.74, 6) is -2.85. The quantitative estimate of drug-likeness (QED) is 0.650. The molecule has 0 radical (unpaired) electrons. The summed E-state index contributed by atoms with van der Waals surface area (Å²) in [5, 5.41) is 6.09. The number of benzene rings is 1. The Morgan fingerprint density at radius 1 is 1.17 bits per heavy atom. The van der Waals surface area contributed by atoms with Crippen molar-refractivity contribution >= 4 is 22.6 Å². The van der Waals surface area contributed by atoms with Crippen LogP contribution in [0.3, 0.4) is 0 Å². The first kappa shape index (κ1) is 20.5. The first-order valence-corrected chi connectivity index (χ1v) is 8.53. The fourth-order valence-corrected chi connectivity index (χ4v) is 2.81. The third-order valence-corrected chi connectivity index (χ3v) is 4.22. The van der Waals surface area contributed by atoms with Gasteiger partial charge in [0.05, 0.1) is 5.56 Å². The molecule has 1 aromatic carbocycles. The maximum atomic E-state index is 13.3. The van der Waals surface area contributed by atoms with Gasteiger partial charge in [0.25, 0.3) is 5.56 Å². The SMILES string of the molecule is CCn1cc2c(C(F)(F)F)cc(=O)n(CCC(=O)Nc3ccc(F)c(F)c3)c2n1. The second-order valence-corrected chi connectivity index (χ2v) is 6.19. The molecule has 3 rings (SSSR count). The average molecular weight is 414 g/mol. The standard InChI is InChI=1S/C18H15F5N4O2/c1-2-26-9-11-12(18(21,22)23)8-16(29)27(17(11)25-26)6-5-15(28)24-10-3-4-13(19)14(20)7-10/h3-4,7-9H,2,5-6H2,1H3,(H,24,28). The van der Waals surface area contributed by atoms with E-state index < -0.39 is 34.8 Å². The smallest absolute Gasteiger partial charge is 0.326 e. The van der Waals surface area contributed by atoms with Crippen molar-refractivity contribution in [3.05, 3.63) is 58.0 Å². The van der Waals surface area contributed by atoms with Gasteiger partial charge in [-0.25, -0.2) is 8.78 Å². The predicted molar refractivity (Wildman–Crippen MR) is 94.3 cm³/mol. The van der Waals surface area contributed by atoms with Gasteiger partial charge in [-0.05, 0) is 19.1 Å². The molecular formula is C18H15F5N4O2. The second-order valence-electron chi connectivity index (χ2n) is 6.19. The number of nitrogens with zero attached hydrogens (tertiary/aromatic N) is 3. The normalized spacial score (nSPS) is 11.8. The largest absolute Gasteiger partial charge is 0.417 e. The number of carbonyl (C=O) groups excluding carboxylic acids is 1. The van der Waals surface area contributed by atoms with Crippen molar-refractivity contribution in [2.75, 3.05) is 5.32 Å². The zero-order valence-electron chi connectivity index (χ0n) is 15.1. The van der Waals surface area contributed by atoms with Crippen LogP contribution >= 0.6 is 0 Å². The average Bonchev–Trinajstić information content (AvgIpc) is 3.06. The van der Waals surface area contributed by atoms with Crippen LogP contribution in [0.4, 0.5) is 27.6 Å². The first-order valence-electron chi connectivity index (χ1n) is 8.53. The summed E-state index contributed by atoms with van der Waals surface area (Å²) in [5.41, 5.74) is -2.23. The van der Waals surface area contributed by atoms with E-state index in [0.717, 1.165) is 22.8 Å². The van der Waals surface area contributed by atoms with E-state index in [1.807, 2.05) is 0 Å². The molecule has 0 spiro atoms. The summed E-state index contributed by atoms with van der Waals surface area (Å²) in [6, 6.07) is 3.25. The Morgan fingerprint density at radius 2 is 1.90 bits per heavy atom. The molecule has 1 amide bonds. The van der Waals surface area contributed by atoms with Crippen LogP contribution in [0.15, 0.2) is 35.3 Å². The highest BCUT2D eigenvalue weighted by Crippen LogP contribution is 2.33. The van der Waals surface area contributed by atoms with E-state index >= 15 is 0 Å². The van der Waals surface area contributed by atoms with Crippen molar-refractivity contribution in [1.82, 2.24) is 14.3 Å². The molecule has 3 aromatic rings. The molecule has 11 heteroatoms.